The smallest absolute Gasteiger partial charge is 0.236 e. The molecule has 0 radical (unpaired) electrons. The monoisotopic (exact) mass is 433 g/mol. The lowest BCUT2D eigenvalue weighted by Crippen LogP contribution is -2.18. The number of aromatic nitrogens is 4. The molecule has 1 N–H and O–H groups in total. The maximum Gasteiger partial charge on any atom is 0.236 e. The zero-order valence-corrected chi connectivity index (χ0v) is 17.4. The van der Waals surface area contributed by atoms with Crippen molar-refractivity contribution in [3.63, 3.8) is 0 Å². The SMILES string of the molecule is Cc1csc(NC(=O)CSc2nnc(-c3ccc(F)cc3)n2CC2CCCO2)n1. The molecular formula is C19H20FN5O2S2. The van der Waals surface area contributed by atoms with Gasteiger partial charge in [0.25, 0.3) is 0 Å². The summed E-state index contributed by atoms with van der Waals surface area (Å²) in [6.07, 6.45) is 2.07. The molecular weight excluding hydrogens is 413 g/mol. The molecule has 2 aromatic heterocycles. The molecule has 3 heterocycles. The Morgan fingerprint density at radius 1 is 1.38 bits per heavy atom. The maximum absolute atomic E-state index is 13.3. The first-order chi connectivity index (χ1) is 14.1. The van der Waals surface area contributed by atoms with Crippen LogP contribution in [0.1, 0.15) is 18.5 Å². The van der Waals surface area contributed by atoms with Crippen LogP contribution in [0.5, 0.6) is 0 Å². The highest BCUT2D eigenvalue weighted by Gasteiger charge is 2.22. The molecule has 1 atom stereocenters. The lowest BCUT2D eigenvalue weighted by atomic mass is 10.2. The highest BCUT2D eigenvalue weighted by molar-refractivity contribution is 7.99. The van der Waals surface area contributed by atoms with Gasteiger partial charge in [0.2, 0.25) is 5.91 Å². The van der Waals surface area contributed by atoms with Crippen molar-refractivity contribution in [2.24, 2.45) is 0 Å². The average molecular weight is 434 g/mol. The molecule has 1 aliphatic rings. The molecule has 0 aliphatic carbocycles. The second-order valence-corrected chi connectivity index (χ2v) is 8.49. The first-order valence-corrected chi connectivity index (χ1v) is 11.1. The number of carbonyl (C=O) groups excluding carboxylic acids is 1. The molecule has 10 heteroatoms. The van der Waals surface area contributed by atoms with E-state index < -0.39 is 0 Å². The van der Waals surface area contributed by atoms with Crippen LogP contribution in [0, 0.1) is 12.7 Å². The Labute approximate surface area is 175 Å². The normalized spacial score (nSPS) is 16.3. The number of amides is 1. The Morgan fingerprint density at radius 2 is 2.21 bits per heavy atom. The number of ether oxygens (including phenoxy) is 1. The second-order valence-electron chi connectivity index (χ2n) is 6.69. The Kier molecular flexibility index (Phi) is 6.22. The zero-order chi connectivity index (χ0) is 20.2. The van der Waals surface area contributed by atoms with Crippen LogP contribution in [0.2, 0.25) is 0 Å². The van der Waals surface area contributed by atoms with Crippen LogP contribution in [0.4, 0.5) is 9.52 Å². The molecule has 1 aromatic carbocycles. The fraction of sp³-hybridized carbons (Fsp3) is 0.368. The third-order valence-electron chi connectivity index (χ3n) is 4.43. The molecule has 0 saturated carbocycles. The topological polar surface area (TPSA) is 81.9 Å². The van der Waals surface area contributed by atoms with Crippen molar-refractivity contribution in [3.05, 3.63) is 41.2 Å². The van der Waals surface area contributed by atoms with Gasteiger partial charge >= 0.3 is 0 Å². The van der Waals surface area contributed by atoms with Crippen molar-refractivity contribution in [1.29, 1.82) is 0 Å². The van der Waals surface area contributed by atoms with Gasteiger partial charge in [-0.05, 0) is 44.0 Å². The van der Waals surface area contributed by atoms with E-state index in [2.05, 4.69) is 20.5 Å². The third-order valence-corrected chi connectivity index (χ3v) is 6.27. The second kappa shape index (κ2) is 9.02. The quantitative estimate of drug-likeness (QED) is 0.572. The van der Waals surface area contributed by atoms with Crippen molar-refractivity contribution in [2.75, 3.05) is 17.7 Å². The van der Waals surface area contributed by atoms with Gasteiger partial charge in [-0.25, -0.2) is 9.37 Å². The molecule has 0 spiro atoms. The van der Waals surface area contributed by atoms with Gasteiger partial charge in [-0.2, -0.15) is 0 Å². The number of anilines is 1. The third kappa shape index (κ3) is 5.01. The Balaban J connectivity index is 1.50. The molecule has 1 fully saturated rings. The number of nitrogens with one attached hydrogen (secondary N) is 1. The highest BCUT2D eigenvalue weighted by atomic mass is 32.2. The number of carbonyl (C=O) groups is 1. The minimum atomic E-state index is -0.303. The van der Waals surface area contributed by atoms with Crippen LogP contribution in [-0.4, -0.2) is 44.1 Å². The summed E-state index contributed by atoms with van der Waals surface area (Å²) in [6, 6.07) is 6.15. The molecule has 1 amide bonds. The van der Waals surface area contributed by atoms with Crippen molar-refractivity contribution < 1.29 is 13.9 Å². The van der Waals surface area contributed by atoms with Gasteiger partial charge in [0.05, 0.1) is 24.1 Å². The predicted molar refractivity (Wildman–Crippen MR) is 111 cm³/mol. The summed E-state index contributed by atoms with van der Waals surface area (Å²) in [5.74, 6) is 0.368. The van der Waals surface area contributed by atoms with Crippen molar-refractivity contribution in [1.82, 2.24) is 19.7 Å². The Bertz CT molecular complexity index is 983. The minimum absolute atomic E-state index is 0.0802. The van der Waals surface area contributed by atoms with Gasteiger partial charge in [-0.15, -0.1) is 21.5 Å². The van der Waals surface area contributed by atoms with Crippen molar-refractivity contribution >= 4 is 34.1 Å². The van der Waals surface area contributed by atoms with E-state index in [1.54, 1.807) is 12.1 Å². The van der Waals surface area contributed by atoms with E-state index in [1.807, 2.05) is 16.9 Å². The number of halogens is 1. The van der Waals surface area contributed by atoms with Gasteiger partial charge < -0.3 is 10.1 Å². The molecule has 7 nitrogen and oxygen atoms in total. The molecule has 3 aromatic rings. The lowest BCUT2D eigenvalue weighted by Gasteiger charge is -2.14. The number of thiazole rings is 1. The number of thioether (sulfide) groups is 1. The summed E-state index contributed by atoms with van der Waals surface area (Å²) < 4.78 is 21.0. The van der Waals surface area contributed by atoms with Gasteiger partial charge in [-0.3, -0.25) is 9.36 Å². The molecule has 152 valence electrons. The number of benzene rings is 1. The van der Waals surface area contributed by atoms with Crippen molar-refractivity contribution in [3.8, 4) is 11.4 Å². The van der Waals surface area contributed by atoms with Gasteiger partial charge in [0.15, 0.2) is 16.1 Å². The van der Waals surface area contributed by atoms with Gasteiger partial charge in [0, 0.05) is 17.6 Å². The van der Waals surface area contributed by atoms with Crippen LogP contribution in [0.3, 0.4) is 0 Å². The van der Waals surface area contributed by atoms with E-state index in [0.717, 1.165) is 30.7 Å². The number of hydrogen-bond acceptors (Lipinski definition) is 7. The van der Waals surface area contributed by atoms with Gasteiger partial charge in [0.1, 0.15) is 5.82 Å². The summed E-state index contributed by atoms with van der Waals surface area (Å²) in [4.78, 5) is 16.5. The molecule has 0 bridgehead atoms. The summed E-state index contributed by atoms with van der Waals surface area (Å²) in [6.45, 7) is 3.22. The molecule has 1 unspecified atom stereocenters. The molecule has 1 aliphatic heterocycles. The first-order valence-electron chi connectivity index (χ1n) is 9.24. The average Bonchev–Trinajstić information content (AvgIpc) is 3.44. The van der Waals surface area contributed by atoms with E-state index in [4.69, 9.17) is 4.74 Å². The fourth-order valence-corrected chi connectivity index (χ4v) is 4.51. The van der Waals surface area contributed by atoms with E-state index in [0.29, 0.717) is 22.7 Å². The minimum Gasteiger partial charge on any atom is -0.376 e. The first kappa shape index (κ1) is 20.0. The van der Waals surface area contributed by atoms with Crippen LogP contribution in [0.25, 0.3) is 11.4 Å². The lowest BCUT2D eigenvalue weighted by molar-refractivity contribution is -0.113. The summed E-state index contributed by atoms with van der Waals surface area (Å²) in [5, 5.41) is 14.5. The number of aryl methyl sites for hydroxylation is 1. The number of hydrogen-bond donors (Lipinski definition) is 1. The summed E-state index contributed by atoms with van der Waals surface area (Å²) >= 11 is 2.70. The van der Waals surface area contributed by atoms with E-state index in [-0.39, 0.29) is 23.6 Å². The fourth-order valence-electron chi connectivity index (χ4n) is 3.06. The van der Waals surface area contributed by atoms with E-state index in [9.17, 15) is 9.18 Å². The van der Waals surface area contributed by atoms with Crippen LogP contribution < -0.4 is 5.32 Å². The number of rotatable bonds is 7. The predicted octanol–water partition coefficient (Wildman–Crippen LogP) is 3.76. The number of nitrogens with zero attached hydrogens (tertiary/aromatic N) is 4. The van der Waals surface area contributed by atoms with E-state index in [1.165, 1.54) is 35.2 Å². The van der Waals surface area contributed by atoms with Crippen LogP contribution in [0.15, 0.2) is 34.8 Å². The van der Waals surface area contributed by atoms with Crippen LogP contribution >= 0.6 is 23.1 Å². The summed E-state index contributed by atoms with van der Waals surface area (Å²) in [5.41, 5.74) is 1.64. The maximum atomic E-state index is 13.3. The molecule has 29 heavy (non-hydrogen) atoms. The molecule has 4 rings (SSSR count). The molecule has 1 saturated heterocycles. The Hall–Kier alpha value is -2.30. The largest absolute Gasteiger partial charge is 0.376 e. The Morgan fingerprint density at radius 3 is 2.90 bits per heavy atom. The van der Waals surface area contributed by atoms with E-state index >= 15 is 0 Å². The summed E-state index contributed by atoms with van der Waals surface area (Å²) in [7, 11) is 0. The standard InChI is InChI=1S/C19H20FN5O2S2/c1-12-10-28-18(21-12)22-16(26)11-29-19-24-23-17(13-4-6-14(20)7-5-13)25(19)9-15-3-2-8-27-15/h4-7,10,15H,2-3,8-9,11H2,1H3,(H,21,22,26). The van der Waals surface area contributed by atoms with Gasteiger partial charge in [-0.1, -0.05) is 11.8 Å². The zero-order valence-electron chi connectivity index (χ0n) is 15.8. The van der Waals surface area contributed by atoms with Crippen molar-refractivity contribution in [2.45, 2.75) is 37.6 Å². The highest BCUT2D eigenvalue weighted by Crippen LogP contribution is 2.27. The van der Waals surface area contributed by atoms with Crippen LogP contribution in [-0.2, 0) is 16.1 Å².